The summed E-state index contributed by atoms with van der Waals surface area (Å²) < 4.78 is 0. The molecule has 0 spiro atoms. The number of hydrogen-bond acceptors (Lipinski definition) is 4. The van der Waals surface area contributed by atoms with Crippen LogP contribution in [0.15, 0.2) is 0 Å². The number of nitrogens with one attached hydrogen (secondary N) is 1. The first-order chi connectivity index (χ1) is 4.48. The lowest BCUT2D eigenvalue weighted by molar-refractivity contribution is -0.303. The van der Waals surface area contributed by atoms with Crippen molar-refractivity contribution in [3.8, 4) is 0 Å². The van der Waals surface area contributed by atoms with Gasteiger partial charge in [-0.15, -0.1) is 0 Å². The number of carbonyl (C=O) groups excluding carboxylic acids is 1. The van der Waals surface area contributed by atoms with Gasteiger partial charge >= 0.3 is 0 Å². The summed E-state index contributed by atoms with van der Waals surface area (Å²) in [5, 5.41) is 12.0. The van der Waals surface area contributed by atoms with Gasteiger partial charge in [-0.2, -0.15) is 0 Å². The van der Waals surface area contributed by atoms with Crippen molar-refractivity contribution in [2.24, 2.45) is 0 Å². The fourth-order valence-electron chi connectivity index (χ4n) is 0.297. The molecule has 0 heterocycles. The van der Waals surface area contributed by atoms with Gasteiger partial charge in [-0.3, -0.25) is 5.09 Å². The average molecular weight is 181 g/mol. The average Bonchev–Trinajstić information content (AvgIpc) is 1.85. The molecule has 10 heavy (non-hydrogen) atoms. The van der Waals surface area contributed by atoms with Crippen molar-refractivity contribution in [2.75, 3.05) is 12.7 Å². The molecule has 0 bridgehead atoms. The third kappa shape index (κ3) is 4.88. The highest BCUT2D eigenvalue weighted by atomic mass is 32.4. The largest absolute Gasteiger partial charge is 0.810 e. The lowest BCUT2D eigenvalue weighted by Gasteiger charge is -2.27. The molecule has 0 saturated carbocycles. The molecule has 1 unspecified atom stereocenters. The Morgan fingerprint density at radius 2 is 2.30 bits per heavy atom. The Kier molecular flexibility index (Phi) is 4.05. The van der Waals surface area contributed by atoms with Crippen molar-refractivity contribution in [1.29, 1.82) is 0 Å². The van der Waals surface area contributed by atoms with E-state index in [9.17, 15) is 14.8 Å². The van der Waals surface area contributed by atoms with Crippen LogP contribution in [-0.2, 0) is 16.6 Å². The van der Waals surface area contributed by atoms with Crippen LogP contribution in [0.25, 0.3) is 0 Å². The summed E-state index contributed by atoms with van der Waals surface area (Å²) in [5.41, 5.74) is 0. The first-order valence-electron chi connectivity index (χ1n) is 2.73. The summed E-state index contributed by atoms with van der Waals surface area (Å²) in [7, 11) is 0. The third-order valence-corrected chi connectivity index (χ3v) is 3.52. The van der Waals surface area contributed by atoms with Crippen LogP contribution in [0.3, 0.4) is 0 Å². The quantitative estimate of drug-likeness (QED) is 0.508. The van der Waals surface area contributed by atoms with Crippen LogP contribution < -0.4 is 15.1 Å². The molecule has 0 aliphatic heterocycles. The third-order valence-electron chi connectivity index (χ3n) is 0.881. The minimum absolute atomic E-state index is 0.273. The number of aliphatic carboxylic acids is 1. The van der Waals surface area contributed by atoms with Gasteiger partial charge in [0.2, 0.25) is 0 Å². The van der Waals surface area contributed by atoms with Crippen molar-refractivity contribution in [1.82, 2.24) is 5.09 Å². The number of carboxylic acid groups (broad SMARTS) is 1. The van der Waals surface area contributed by atoms with E-state index in [1.165, 1.54) is 0 Å². The molecule has 0 saturated heterocycles. The Labute approximate surface area is 64.4 Å². The Morgan fingerprint density at radius 1 is 1.80 bits per heavy atom. The van der Waals surface area contributed by atoms with Gasteiger partial charge in [0.1, 0.15) is 0 Å². The first-order valence-corrected chi connectivity index (χ1v) is 5.63. The van der Waals surface area contributed by atoms with Gasteiger partial charge < -0.3 is 14.8 Å². The highest BCUT2D eigenvalue weighted by molar-refractivity contribution is 8.10. The maximum atomic E-state index is 10.9. The minimum Gasteiger partial charge on any atom is -0.810 e. The zero-order chi connectivity index (χ0) is 8.20. The SMILES string of the molecule is CCP([O-])(=S)NCC(=O)[O-]. The predicted octanol–water partition coefficient (Wildman–Crippen LogP) is -1.98. The first kappa shape index (κ1) is 10.0. The smallest absolute Gasteiger partial charge is 0.0555 e. The fraction of sp³-hybridized carbons (Fsp3) is 0.750. The van der Waals surface area contributed by atoms with Crippen LogP contribution in [0.5, 0.6) is 0 Å². The van der Waals surface area contributed by atoms with Crippen molar-refractivity contribution < 1.29 is 14.8 Å². The fourth-order valence-corrected chi connectivity index (χ4v) is 1.08. The van der Waals surface area contributed by atoms with Crippen LogP contribution in [0, 0.1) is 0 Å². The van der Waals surface area contributed by atoms with Crippen molar-refractivity contribution in [3.63, 3.8) is 0 Å². The molecule has 0 aliphatic carbocycles. The van der Waals surface area contributed by atoms with Gasteiger partial charge in [0.15, 0.2) is 0 Å². The molecular formula is C4H8NO3PS-2. The Morgan fingerprint density at radius 3 is 2.60 bits per heavy atom. The molecule has 0 aromatic rings. The summed E-state index contributed by atoms with van der Waals surface area (Å²) in [4.78, 5) is 20.7. The standard InChI is InChI=1S/C4H10NO3PS/c1-2-9(8,10)5-3-4(6)7/h2-3H2,1H3,(H,6,7)(H2,5,8,10)/p-2. The van der Waals surface area contributed by atoms with E-state index < -0.39 is 18.9 Å². The van der Waals surface area contributed by atoms with E-state index in [0.717, 1.165) is 0 Å². The normalized spacial score (nSPS) is 16.2. The summed E-state index contributed by atoms with van der Waals surface area (Å²) in [6.45, 7) is 1.20. The molecule has 1 atom stereocenters. The summed E-state index contributed by atoms with van der Waals surface area (Å²) >= 11 is 4.52. The lowest BCUT2D eigenvalue weighted by Crippen LogP contribution is -2.35. The van der Waals surface area contributed by atoms with E-state index in [1.54, 1.807) is 6.92 Å². The topological polar surface area (TPSA) is 75.2 Å². The zero-order valence-electron chi connectivity index (χ0n) is 5.49. The monoisotopic (exact) mass is 181 g/mol. The van der Waals surface area contributed by atoms with Crippen LogP contribution >= 0.6 is 6.42 Å². The molecule has 1 N–H and O–H groups in total. The molecule has 0 radical (unpaired) electrons. The number of carbonyl (C=O) groups is 1. The van der Waals surface area contributed by atoms with Crippen LogP contribution in [0.2, 0.25) is 0 Å². The lowest BCUT2D eigenvalue weighted by atomic mass is 10.7. The van der Waals surface area contributed by atoms with Crippen LogP contribution in [0.1, 0.15) is 6.92 Å². The maximum Gasteiger partial charge on any atom is 0.0555 e. The molecular weight excluding hydrogens is 173 g/mol. The highest BCUT2D eigenvalue weighted by Crippen LogP contribution is 2.27. The Bertz CT molecular complexity index is 172. The summed E-state index contributed by atoms with van der Waals surface area (Å²) in [6.07, 6.45) is -2.54. The second-order valence-electron chi connectivity index (χ2n) is 1.70. The summed E-state index contributed by atoms with van der Waals surface area (Å²) in [5.74, 6) is -1.29. The van der Waals surface area contributed by atoms with E-state index in [-0.39, 0.29) is 6.16 Å². The van der Waals surface area contributed by atoms with Crippen molar-refractivity contribution in [2.45, 2.75) is 6.92 Å². The molecule has 4 nitrogen and oxygen atoms in total. The van der Waals surface area contributed by atoms with Crippen molar-refractivity contribution >= 4 is 24.2 Å². The molecule has 6 heteroatoms. The van der Waals surface area contributed by atoms with E-state index >= 15 is 0 Å². The van der Waals surface area contributed by atoms with Gasteiger partial charge in [0.25, 0.3) is 0 Å². The molecule has 0 aromatic heterocycles. The molecule has 0 aliphatic rings. The Balaban J connectivity index is 3.68. The van der Waals surface area contributed by atoms with Crippen LogP contribution in [0.4, 0.5) is 0 Å². The number of hydrogen-bond donors (Lipinski definition) is 1. The van der Waals surface area contributed by atoms with Gasteiger partial charge in [-0.25, -0.2) is 0 Å². The van der Waals surface area contributed by atoms with E-state index in [1.807, 2.05) is 0 Å². The van der Waals surface area contributed by atoms with Gasteiger partial charge in [0, 0.05) is 6.54 Å². The van der Waals surface area contributed by atoms with Gasteiger partial charge in [0.05, 0.1) is 5.97 Å². The number of rotatable bonds is 4. The molecule has 0 rings (SSSR count). The molecule has 60 valence electrons. The van der Waals surface area contributed by atoms with Crippen molar-refractivity contribution in [3.05, 3.63) is 0 Å². The molecule has 0 fully saturated rings. The highest BCUT2D eigenvalue weighted by Gasteiger charge is 1.95. The zero-order valence-corrected chi connectivity index (χ0v) is 7.21. The maximum absolute atomic E-state index is 10.9. The van der Waals surface area contributed by atoms with E-state index in [4.69, 9.17) is 0 Å². The minimum atomic E-state index is -2.81. The number of carboxylic acids is 1. The second kappa shape index (κ2) is 4.03. The van der Waals surface area contributed by atoms with E-state index in [0.29, 0.717) is 0 Å². The second-order valence-corrected chi connectivity index (χ2v) is 5.76. The molecule has 0 aromatic carbocycles. The summed E-state index contributed by atoms with van der Waals surface area (Å²) in [6, 6.07) is 0. The van der Waals surface area contributed by atoms with Gasteiger partial charge in [-0.1, -0.05) is 25.1 Å². The predicted molar refractivity (Wildman–Crippen MR) is 37.8 cm³/mol. The molecule has 0 amide bonds. The van der Waals surface area contributed by atoms with E-state index in [2.05, 4.69) is 16.9 Å². The Hall–Kier alpha value is 0.0400. The van der Waals surface area contributed by atoms with Gasteiger partial charge in [-0.05, 0) is 6.16 Å². The van der Waals surface area contributed by atoms with Crippen LogP contribution in [-0.4, -0.2) is 18.7 Å².